The number of aromatic amines is 1. The Morgan fingerprint density at radius 1 is 1.18 bits per heavy atom. The second-order valence-electron chi connectivity index (χ2n) is 12.9. The molecular weight excluding hydrogens is 539 g/mol. The normalized spacial score (nSPS) is 15.2. The number of benzene rings is 2. The van der Waals surface area contributed by atoms with Gasteiger partial charge >= 0.3 is 0 Å². The summed E-state index contributed by atoms with van der Waals surface area (Å²) in [4.78, 5) is 8.40. The largest absolute Gasteiger partial charge is 0.359 e. The maximum Gasteiger partial charge on any atom is 0.178 e. The SMILES string of the molecule is [B]NC(Cc1cccc(-c2ccc3[nH]c(-c4cccnc4C(C)N)c(CC(C)(C)CCC#C)c3c2)c1)C(=C)N1CCCCN1. The number of hydrogen-bond acceptors (Lipinski definition) is 5. The van der Waals surface area contributed by atoms with Crippen molar-refractivity contribution in [1.82, 2.24) is 25.6 Å². The molecule has 1 fully saturated rings. The molecular formula is C37H45BN6. The minimum absolute atomic E-state index is 0.0126. The van der Waals surface area contributed by atoms with Gasteiger partial charge in [0.2, 0.25) is 0 Å². The van der Waals surface area contributed by atoms with Gasteiger partial charge in [0, 0.05) is 60.0 Å². The molecule has 6 nitrogen and oxygen atoms in total. The van der Waals surface area contributed by atoms with E-state index in [2.05, 4.69) is 101 Å². The van der Waals surface area contributed by atoms with E-state index in [-0.39, 0.29) is 17.5 Å². The van der Waals surface area contributed by atoms with E-state index in [0.717, 1.165) is 73.4 Å². The van der Waals surface area contributed by atoms with Gasteiger partial charge in [-0.3, -0.25) is 4.98 Å². The first-order chi connectivity index (χ1) is 21.2. The zero-order valence-corrected chi connectivity index (χ0v) is 26.4. The minimum atomic E-state index is -0.188. The molecule has 4 aromatic rings. The first-order valence-corrected chi connectivity index (χ1v) is 15.7. The molecule has 2 unspecified atom stereocenters. The van der Waals surface area contributed by atoms with Gasteiger partial charge in [0.1, 0.15) is 0 Å². The lowest BCUT2D eigenvalue weighted by Gasteiger charge is -2.35. The molecule has 0 saturated carbocycles. The zero-order chi connectivity index (χ0) is 31.3. The van der Waals surface area contributed by atoms with E-state index in [9.17, 15) is 0 Å². The first kappa shape index (κ1) is 31.6. The Labute approximate surface area is 264 Å². The molecule has 5 rings (SSSR count). The molecule has 226 valence electrons. The molecule has 2 aromatic heterocycles. The molecule has 44 heavy (non-hydrogen) atoms. The van der Waals surface area contributed by atoms with Crippen LogP contribution in [-0.2, 0) is 12.8 Å². The second-order valence-corrected chi connectivity index (χ2v) is 12.9. The third kappa shape index (κ3) is 7.10. The van der Waals surface area contributed by atoms with E-state index in [1.807, 2.05) is 19.2 Å². The third-order valence-corrected chi connectivity index (χ3v) is 8.81. The minimum Gasteiger partial charge on any atom is -0.359 e. The second kappa shape index (κ2) is 13.9. The molecule has 2 aromatic carbocycles. The molecule has 0 amide bonds. The van der Waals surface area contributed by atoms with Crippen molar-refractivity contribution in [2.45, 2.75) is 71.4 Å². The Balaban J connectivity index is 1.52. The summed E-state index contributed by atoms with van der Waals surface area (Å²) in [6.07, 6.45) is 13.1. The molecule has 7 heteroatoms. The Kier molecular flexibility index (Phi) is 9.95. The summed E-state index contributed by atoms with van der Waals surface area (Å²) in [5.41, 5.74) is 19.7. The number of nitrogens with one attached hydrogen (secondary N) is 3. The maximum absolute atomic E-state index is 6.39. The molecule has 1 aliphatic rings. The summed E-state index contributed by atoms with van der Waals surface area (Å²) in [7, 11) is 6.02. The average Bonchev–Trinajstić information content (AvgIpc) is 3.39. The van der Waals surface area contributed by atoms with Gasteiger partial charge in [-0.1, -0.05) is 50.8 Å². The monoisotopic (exact) mass is 584 g/mol. The van der Waals surface area contributed by atoms with E-state index in [4.69, 9.17) is 20.1 Å². The summed E-state index contributed by atoms with van der Waals surface area (Å²) >= 11 is 0. The van der Waals surface area contributed by atoms with Crippen molar-refractivity contribution < 1.29 is 0 Å². The molecule has 5 N–H and O–H groups in total. The lowest BCUT2D eigenvalue weighted by molar-refractivity contribution is 0.190. The van der Waals surface area contributed by atoms with Crippen LogP contribution in [0.5, 0.6) is 0 Å². The van der Waals surface area contributed by atoms with Crippen LogP contribution in [0, 0.1) is 17.8 Å². The van der Waals surface area contributed by atoms with Gasteiger partial charge in [0.15, 0.2) is 7.98 Å². The van der Waals surface area contributed by atoms with Gasteiger partial charge in [0.05, 0.1) is 11.4 Å². The Morgan fingerprint density at radius 3 is 2.73 bits per heavy atom. The van der Waals surface area contributed by atoms with Crippen LogP contribution in [-0.4, -0.2) is 42.1 Å². The van der Waals surface area contributed by atoms with E-state index in [0.29, 0.717) is 0 Å². The summed E-state index contributed by atoms with van der Waals surface area (Å²) in [6, 6.07) is 19.3. The molecule has 2 atom stereocenters. The number of fused-ring (bicyclic) bond motifs is 1. The maximum atomic E-state index is 6.39. The lowest BCUT2D eigenvalue weighted by Crippen LogP contribution is -2.48. The molecule has 0 spiro atoms. The highest BCUT2D eigenvalue weighted by molar-refractivity contribution is 6.04. The van der Waals surface area contributed by atoms with Gasteiger partial charge in [-0.25, -0.2) is 5.43 Å². The highest BCUT2D eigenvalue weighted by Crippen LogP contribution is 2.40. The predicted molar refractivity (Wildman–Crippen MR) is 185 cm³/mol. The van der Waals surface area contributed by atoms with Gasteiger partial charge in [-0.15, -0.1) is 12.3 Å². The van der Waals surface area contributed by atoms with E-state index in [1.54, 1.807) is 0 Å². The molecule has 1 aliphatic heterocycles. The number of pyridine rings is 1. The van der Waals surface area contributed by atoms with Crippen LogP contribution in [0.25, 0.3) is 33.3 Å². The van der Waals surface area contributed by atoms with Crippen LogP contribution >= 0.6 is 0 Å². The van der Waals surface area contributed by atoms with Crippen molar-refractivity contribution in [3.8, 4) is 34.7 Å². The first-order valence-electron chi connectivity index (χ1n) is 15.7. The highest BCUT2D eigenvalue weighted by Gasteiger charge is 2.25. The third-order valence-electron chi connectivity index (χ3n) is 8.81. The van der Waals surface area contributed by atoms with Crippen molar-refractivity contribution in [3.63, 3.8) is 0 Å². The number of hydrogen-bond donors (Lipinski definition) is 4. The topological polar surface area (TPSA) is 82.0 Å². The van der Waals surface area contributed by atoms with Gasteiger partial charge in [0.25, 0.3) is 0 Å². The van der Waals surface area contributed by atoms with Crippen molar-refractivity contribution in [3.05, 3.63) is 89.9 Å². The van der Waals surface area contributed by atoms with Gasteiger partial charge in [-0.05, 0) is 91.0 Å². The quantitative estimate of drug-likeness (QED) is 0.112. The smallest absolute Gasteiger partial charge is 0.178 e. The van der Waals surface area contributed by atoms with Crippen LogP contribution in [0.15, 0.2) is 73.1 Å². The molecule has 0 aliphatic carbocycles. The Bertz CT molecular complexity index is 1640. The fraction of sp³-hybridized carbons (Fsp3) is 0.378. The molecule has 0 bridgehead atoms. The summed E-state index contributed by atoms with van der Waals surface area (Å²) < 4.78 is 0. The number of rotatable bonds is 12. The summed E-state index contributed by atoms with van der Waals surface area (Å²) in [6.45, 7) is 12.8. The Hall–Kier alpha value is -3.83. The fourth-order valence-electron chi connectivity index (χ4n) is 6.32. The van der Waals surface area contributed by atoms with Gasteiger partial charge in [-0.2, -0.15) is 0 Å². The molecule has 2 radical (unpaired) electrons. The van der Waals surface area contributed by atoms with Crippen LogP contribution in [0.3, 0.4) is 0 Å². The number of nitrogens with zero attached hydrogens (tertiary/aromatic N) is 2. The average molecular weight is 585 g/mol. The summed E-state index contributed by atoms with van der Waals surface area (Å²) in [5, 5.41) is 6.34. The van der Waals surface area contributed by atoms with Crippen molar-refractivity contribution in [2.75, 3.05) is 13.1 Å². The van der Waals surface area contributed by atoms with Crippen molar-refractivity contribution >= 4 is 18.9 Å². The van der Waals surface area contributed by atoms with Crippen LogP contribution < -0.4 is 16.4 Å². The lowest BCUT2D eigenvalue weighted by atomic mass is 9.80. The predicted octanol–water partition coefficient (Wildman–Crippen LogP) is 6.60. The number of H-pyrrole nitrogens is 1. The number of terminal acetylenes is 1. The molecule has 3 heterocycles. The Morgan fingerprint density at radius 2 is 2.00 bits per heavy atom. The number of nitrogens with two attached hydrogens (primary N) is 1. The van der Waals surface area contributed by atoms with E-state index < -0.39 is 0 Å². The highest BCUT2D eigenvalue weighted by atomic mass is 15.5. The van der Waals surface area contributed by atoms with Gasteiger partial charge < -0.3 is 21.0 Å². The molecule has 1 saturated heterocycles. The van der Waals surface area contributed by atoms with Crippen molar-refractivity contribution in [1.29, 1.82) is 0 Å². The summed E-state index contributed by atoms with van der Waals surface area (Å²) in [5.74, 6) is 2.83. The van der Waals surface area contributed by atoms with Crippen LogP contribution in [0.1, 0.15) is 69.3 Å². The standard InChI is InChI=1S/C37H45BN6/c1-6-7-17-37(4,5)24-32-31-23-29(15-16-33(31)42-36(32)30-14-11-18-40-35(30)25(2)39)28-13-10-12-27(21-28)22-34(43-38)26(3)44-20-9-8-19-41-44/h1,10-16,18,21,23,25,34,41-43H,3,7-9,17,19-20,22,24,39H2,2,4-5H3. The van der Waals surface area contributed by atoms with Crippen molar-refractivity contribution in [2.24, 2.45) is 11.1 Å². The number of aromatic nitrogens is 2. The number of hydrazine groups is 1. The fourth-order valence-corrected chi connectivity index (χ4v) is 6.32. The van der Waals surface area contributed by atoms with E-state index >= 15 is 0 Å². The van der Waals surface area contributed by atoms with E-state index in [1.165, 1.54) is 34.1 Å². The van der Waals surface area contributed by atoms with Crippen LogP contribution in [0.4, 0.5) is 0 Å². The zero-order valence-electron chi connectivity index (χ0n) is 26.4. The van der Waals surface area contributed by atoms with Crippen LogP contribution in [0.2, 0.25) is 0 Å².